The highest BCUT2D eigenvalue weighted by atomic mass is 32.1. The van der Waals surface area contributed by atoms with Gasteiger partial charge in [-0.1, -0.05) is 133 Å². The summed E-state index contributed by atoms with van der Waals surface area (Å²) in [6.45, 7) is 0. The standard InChI is InChI=1S/C48H29N3S/c1-2-13-30(14-3-1)46-39-19-6-9-22-41(39)49-48(50-46)38-26-28-43(34-16-5-4-15-33(34)38)51-42-23-10-7-17-35(42)40-29-31(25-27-44(40)51)32-20-12-21-37-36-18-8-11-24-45(36)52-47(32)37/h1-29H. The maximum atomic E-state index is 5.24. The van der Waals surface area contributed by atoms with Gasteiger partial charge in [-0.3, -0.25) is 0 Å². The zero-order valence-electron chi connectivity index (χ0n) is 28.0. The zero-order chi connectivity index (χ0) is 34.2. The van der Waals surface area contributed by atoms with Crippen LogP contribution in [0.5, 0.6) is 0 Å². The Morgan fingerprint density at radius 3 is 1.98 bits per heavy atom. The van der Waals surface area contributed by atoms with Crippen LogP contribution in [0.4, 0.5) is 0 Å². The van der Waals surface area contributed by atoms with E-state index in [-0.39, 0.29) is 0 Å². The predicted octanol–water partition coefficient (Wildman–Crippen LogP) is 13.2. The van der Waals surface area contributed by atoms with E-state index in [1.807, 2.05) is 23.5 Å². The largest absolute Gasteiger partial charge is 0.309 e. The van der Waals surface area contributed by atoms with E-state index >= 15 is 0 Å². The molecule has 4 heteroatoms. The molecule has 11 aromatic rings. The van der Waals surface area contributed by atoms with Crippen molar-refractivity contribution in [3.63, 3.8) is 0 Å². The minimum atomic E-state index is 0.725. The molecule has 0 bridgehead atoms. The van der Waals surface area contributed by atoms with Crippen molar-refractivity contribution in [2.24, 2.45) is 0 Å². The van der Waals surface area contributed by atoms with Crippen molar-refractivity contribution in [1.82, 2.24) is 14.5 Å². The fourth-order valence-corrected chi connectivity index (χ4v) is 9.30. The first-order valence-electron chi connectivity index (χ1n) is 17.6. The Bertz CT molecular complexity index is 3190. The van der Waals surface area contributed by atoms with E-state index in [2.05, 4.69) is 168 Å². The number of para-hydroxylation sites is 2. The molecule has 0 unspecified atom stereocenters. The lowest BCUT2D eigenvalue weighted by atomic mass is 10.00. The molecule has 11 rings (SSSR count). The van der Waals surface area contributed by atoms with Crippen LogP contribution in [0.3, 0.4) is 0 Å². The third kappa shape index (κ3) is 4.38. The van der Waals surface area contributed by atoms with Gasteiger partial charge in [0, 0.05) is 52.8 Å². The second-order valence-corrected chi connectivity index (χ2v) is 14.4. The highest BCUT2D eigenvalue weighted by molar-refractivity contribution is 7.26. The number of hydrogen-bond acceptors (Lipinski definition) is 3. The Balaban J connectivity index is 1.12. The summed E-state index contributed by atoms with van der Waals surface area (Å²) in [5, 5.41) is 8.44. The lowest BCUT2D eigenvalue weighted by Crippen LogP contribution is -1.99. The first kappa shape index (κ1) is 29.1. The van der Waals surface area contributed by atoms with Gasteiger partial charge in [0.2, 0.25) is 0 Å². The van der Waals surface area contributed by atoms with Crippen LogP contribution in [-0.4, -0.2) is 14.5 Å². The first-order chi connectivity index (χ1) is 25.8. The second kappa shape index (κ2) is 11.5. The van der Waals surface area contributed by atoms with Gasteiger partial charge in [-0.05, 0) is 59.0 Å². The molecule has 3 nitrogen and oxygen atoms in total. The van der Waals surface area contributed by atoms with Gasteiger partial charge in [0.05, 0.1) is 27.9 Å². The summed E-state index contributed by atoms with van der Waals surface area (Å²) in [6.07, 6.45) is 0. The Labute approximate surface area is 303 Å². The molecule has 0 saturated heterocycles. The number of hydrogen-bond donors (Lipinski definition) is 0. The summed E-state index contributed by atoms with van der Waals surface area (Å²) in [5.74, 6) is 0.725. The number of thiophene rings is 1. The predicted molar refractivity (Wildman–Crippen MR) is 221 cm³/mol. The molecule has 0 spiro atoms. The van der Waals surface area contributed by atoms with Gasteiger partial charge in [-0.15, -0.1) is 11.3 Å². The van der Waals surface area contributed by atoms with Crippen molar-refractivity contribution in [3.05, 3.63) is 176 Å². The van der Waals surface area contributed by atoms with Crippen LogP contribution in [0.2, 0.25) is 0 Å². The van der Waals surface area contributed by atoms with Gasteiger partial charge in [-0.2, -0.15) is 0 Å². The van der Waals surface area contributed by atoms with Crippen molar-refractivity contribution < 1.29 is 0 Å². The number of benzene rings is 8. The summed E-state index contributed by atoms with van der Waals surface area (Å²) >= 11 is 1.88. The van der Waals surface area contributed by atoms with Gasteiger partial charge in [0.1, 0.15) is 0 Å². The first-order valence-corrected chi connectivity index (χ1v) is 18.4. The molecule has 0 atom stereocenters. The van der Waals surface area contributed by atoms with Crippen LogP contribution in [-0.2, 0) is 0 Å². The summed E-state index contributed by atoms with van der Waals surface area (Å²) in [6, 6.07) is 63.0. The zero-order valence-corrected chi connectivity index (χ0v) is 28.8. The van der Waals surface area contributed by atoms with Gasteiger partial charge < -0.3 is 4.57 Å². The van der Waals surface area contributed by atoms with Crippen molar-refractivity contribution >= 4 is 75.0 Å². The third-order valence-corrected chi connectivity index (χ3v) is 11.6. The molecular weight excluding hydrogens is 651 g/mol. The minimum Gasteiger partial charge on any atom is -0.309 e. The average Bonchev–Trinajstić information content (AvgIpc) is 3.76. The van der Waals surface area contributed by atoms with Crippen molar-refractivity contribution in [1.29, 1.82) is 0 Å². The molecule has 8 aromatic carbocycles. The monoisotopic (exact) mass is 679 g/mol. The van der Waals surface area contributed by atoms with Crippen LogP contribution in [0.25, 0.3) is 103 Å². The Kier molecular flexibility index (Phi) is 6.42. The number of aromatic nitrogens is 3. The molecule has 0 amide bonds. The Morgan fingerprint density at radius 2 is 1.10 bits per heavy atom. The van der Waals surface area contributed by atoms with Gasteiger partial charge in [0.25, 0.3) is 0 Å². The van der Waals surface area contributed by atoms with Crippen LogP contribution >= 0.6 is 11.3 Å². The smallest absolute Gasteiger partial charge is 0.161 e. The maximum Gasteiger partial charge on any atom is 0.161 e. The molecule has 3 heterocycles. The second-order valence-electron chi connectivity index (χ2n) is 13.3. The maximum absolute atomic E-state index is 5.24. The van der Waals surface area contributed by atoms with Crippen molar-refractivity contribution in [3.8, 4) is 39.5 Å². The third-order valence-electron chi connectivity index (χ3n) is 10.4. The molecule has 0 saturated carbocycles. The van der Waals surface area contributed by atoms with Crippen molar-refractivity contribution in [2.45, 2.75) is 0 Å². The molecule has 0 aliphatic carbocycles. The molecule has 3 aromatic heterocycles. The normalized spacial score (nSPS) is 11.8. The average molecular weight is 680 g/mol. The van der Waals surface area contributed by atoms with Gasteiger partial charge in [0.15, 0.2) is 5.82 Å². The van der Waals surface area contributed by atoms with Crippen LogP contribution < -0.4 is 0 Å². The topological polar surface area (TPSA) is 30.7 Å². The quantitative estimate of drug-likeness (QED) is 0.185. The highest BCUT2D eigenvalue weighted by Crippen LogP contribution is 2.43. The Morgan fingerprint density at radius 1 is 0.404 bits per heavy atom. The van der Waals surface area contributed by atoms with Crippen LogP contribution in [0.15, 0.2) is 176 Å². The van der Waals surface area contributed by atoms with Crippen LogP contribution in [0, 0.1) is 0 Å². The van der Waals surface area contributed by atoms with E-state index in [1.165, 1.54) is 53.1 Å². The molecule has 0 aliphatic rings. The molecule has 242 valence electrons. The molecule has 0 fully saturated rings. The summed E-state index contributed by atoms with van der Waals surface area (Å²) in [5.41, 5.74) is 9.98. The minimum absolute atomic E-state index is 0.725. The fourth-order valence-electron chi connectivity index (χ4n) is 8.06. The molecular formula is C48H29N3S. The number of fused-ring (bicyclic) bond motifs is 8. The van der Waals surface area contributed by atoms with E-state index in [1.54, 1.807) is 0 Å². The van der Waals surface area contributed by atoms with E-state index in [4.69, 9.17) is 9.97 Å². The number of rotatable bonds is 4. The van der Waals surface area contributed by atoms with E-state index in [0.717, 1.165) is 50.0 Å². The molecule has 0 N–H and O–H groups in total. The molecule has 52 heavy (non-hydrogen) atoms. The van der Waals surface area contributed by atoms with Crippen molar-refractivity contribution in [2.75, 3.05) is 0 Å². The summed E-state index contributed by atoms with van der Waals surface area (Å²) in [7, 11) is 0. The van der Waals surface area contributed by atoms with E-state index in [0.29, 0.717) is 0 Å². The molecule has 0 radical (unpaired) electrons. The highest BCUT2D eigenvalue weighted by Gasteiger charge is 2.19. The van der Waals surface area contributed by atoms with E-state index in [9.17, 15) is 0 Å². The SMILES string of the molecule is c1ccc(-c2nc(-c3ccc(-n4c5ccccc5c5cc(-c6cccc7c6sc6ccccc67)ccc54)c4ccccc34)nc3ccccc23)cc1. The summed E-state index contributed by atoms with van der Waals surface area (Å²) in [4.78, 5) is 10.4. The lowest BCUT2D eigenvalue weighted by Gasteiger charge is -2.15. The molecule has 0 aliphatic heterocycles. The Hall–Kier alpha value is -6.62. The van der Waals surface area contributed by atoms with E-state index < -0.39 is 0 Å². The van der Waals surface area contributed by atoms with Gasteiger partial charge >= 0.3 is 0 Å². The summed E-state index contributed by atoms with van der Waals surface area (Å²) < 4.78 is 5.08. The van der Waals surface area contributed by atoms with Crippen LogP contribution in [0.1, 0.15) is 0 Å². The van der Waals surface area contributed by atoms with Gasteiger partial charge in [-0.25, -0.2) is 9.97 Å². The lowest BCUT2D eigenvalue weighted by molar-refractivity contribution is 1.19. The number of nitrogens with zero attached hydrogens (tertiary/aromatic N) is 3. The fraction of sp³-hybridized carbons (Fsp3) is 0.